The maximum atomic E-state index is 12.8. The number of halogens is 1. The number of nitrogens with zero attached hydrogens (tertiary/aromatic N) is 2. The number of rotatable bonds is 6. The van der Waals surface area contributed by atoms with E-state index in [2.05, 4.69) is 15.0 Å². The maximum absolute atomic E-state index is 12.8. The zero-order valence-electron chi connectivity index (χ0n) is 15.3. The molecule has 0 saturated carbocycles. The minimum absolute atomic E-state index is 0.0212. The minimum atomic E-state index is -4.05. The number of para-hydroxylation sites is 1. The lowest BCUT2D eigenvalue weighted by atomic mass is 10.1. The number of aryl methyl sites for hydroxylation is 1. The molecule has 3 rings (SSSR count). The summed E-state index contributed by atoms with van der Waals surface area (Å²) in [5, 5.41) is 2.55. The number of anilines is 1. The van der Waals surface area contributed by atoms with E-state index in [4.69, 9.17) is 11.6 Å². The molecule has 7 nitrogen and oxygen atoms in total. The monoisotopic (exact) mass is 418 g/mol. The molecule has 2 aromatic carbocycles. The first-order valence-corrected chi connectivity index (χ1v) is 10.3. The van der Waals surface area contributed by atoms with Crippen molar-refractivity contribution in [3.63, 3.8) is 0 Å². The Morgan fingerprint density at radius 1 is 1.11 bits per heavy atom. The number of amides is 1. The predicted molar refractivity (Wildman–Crippen MR) is 108 cm³/mol. The van der Waals surface area contributed by atoms with Crippen LogP contribution in [0, 0.1) is 0 Å². The fourth-order valence-electron chi connectivity index (χ4n) is 2.64. The van der Waals surface area contributed by atoms with Crippen LogP contribution in [0.1, 0.15) is 28.9 Å². The van der Waals surface area contributed by atoms with Crippen LogP contribution in [-0.2, 0) is 17.1 Å². The van der Waals surface area contributed by atoms with Crippen molar-refractivity contribution in [1.82, 2.24) is 14.9 Å². The summed E-state index contributed by atoms with van der Waals surface area (Å²) in [5.74, 6) is -0.401. The third-order valence-electron chi connectivity index (χ3n) is 4.15. The van der Waals surface area contributed by atoms with Gasteiger partial charge >= 0.3 is 0 Å². The van der Waals surface area contributed by atoms with E-state index in [1.807, 2.05) is 37.3 Å². The first kappa shape index (κ1) is 19.9. The zero-order valence-corrected chi connectivity index (χ0v) is 16.8. The first-order chi connectivity index (χ1) is 13.3. The van der Waals surface area contributed by atoms with E-state index in [0.29, 0.717) is 0 Å². The molecule has 0 radical (unpaired) electrons. The molecule has 0 spiro atoms. The van der Waals surface area contributed by atoms with Crippen molar-refractivity contribution in [3.05, 3.63) is 77.2 Å². The Kier molecular flexibility index (Phi) is 5.71. The van der Waals surface area contributed by atoms with Gasteiger partial charge in [0.15, 0.2) is 0 Å². The number of carbonyl (C=O) groups is 1. The summed E-state index contributed by atoms with van der Waals surface area (Å²) in [6.45, 7) is 1.85. The topological polar surface area (TPSA) is 93.1 Å². The van der Waals surface area contributed by atoms with Gasteiger partial charge in [-0.3, -0.25) is 9.52 Å². The van der Waals surface area contributed by atoms with Crippen molar-refractivity contribution in [2.45, 2.75) is 18.0 Å². The van der Waals surface area contributed by atoms with Gasteiger partial charge in [-0.05, 0) is 24.6 Å². The van der Waals surface area contributed by atoms with Crippen LogP contribution in [0.2, 0.25) is 5.15 Å². The molecular formula is C19H19ClN4O3S. The average molecular weight is 419 g/mol. The highest BCUT2D eigenvalue weighted by Crippen LogP contribution is 2.24. The van der Waals surface area contributed by atoms with Crippen molar-refractivity contribution >= 4 is 33.2 Å². The van der Waals surface area contributed by atoms with Gasteiger partial charge in [0.2, 0.25) is 5.03 Å². The number of hydrogen-bond donors (Lipinski definition) is 2. The summed E-state index contributed by atoms with van der Waals surface area (Å²) >= 11 is 6.00. The van der Waals surface area contributed by atoms with Crippen LogP contribution in [-0.4, -0.2) is 23.9 Å². The van der Waals surface area contributed by atoms with Crippen LogP contribution >= 0.6 is 11.6 Å². The molecule has 1 amide bonds. The van der Waals surface area contributed by atoms with E-state index in [1.54, 1.807) is 25.2 Å². The van der Waals surface area contributed by atoms with Crippen molar-refractivity contribution in [3.8, 4) is 0 Å². The Labute approximate surface area is 168 Å². The summed E-state index contributed by atoms with van der Waals surface area (Å²) in [5.41, 5.74) is 1.28. The van der Waals surface area contributed by atoms with E-state index < -0.39 is 15.9 Å². The van der Waals surface area contributed by atoms with E-state index in [0.717, 1.165) is 5.56 Å². The highest BCUT2D eigenvalue weighted by atomic mass is 35.5. The van der Waals surface area contributed by atoms with Crippen molar-refractivity contribution in [1.29, 1.82) is 0 Å². The lowest BCUT2D eigenvalue weighted by molar-refractivity contribution is 0.0941. The van der Waals surface area contributed by atoms with Crippen molar-refractivity contribution in [2.75, 3.05) is 4.72 Å². The fraction of sp³-hybridized carbons (Fsp3) is 0.158. The molecule has 1 atom stereocenters. The Morgan fingerprint density at radius 3 is 2.39 bits per heavy atom. The Morgan fingerprint density at radius 2 is 1.75 bits per heavy atom. The second-order valence-electron chi connectivity index (χ2n) is 6.21. The summed E-state index contributed by atoms with van der Waals surface area (Å²) in [6.07, 6.45) is 1.30. The van der Waals surface area contributed by atoms with E-state index in [-0.39, 0.29) is 27.5 Å². The van der Waals surface area contributed by atoms with E-state index in [9.17, 15) is 13.2 Å². The van der Waals surface area contributed by atoms with Crippen LogP contribution in [0.3, 0.4) is 0 Å². The molecule has 146 valence electrons. The van der Waals surface area contributed by atoms with E-state index >= 15 is 0 Å². The third-order valence-corrected chi connectivity index (χ3v) is 6.01. The third kappa shape index (κ3) is 4.18. The molecule has 2 N–H and O–H groups in total. The standard InChI is InChI=1S/C19H19ClN4O3S/c1-13(14-8-4-3-5-9-14)22-18(25)15-10-6-7-11-16(15)23-28(26,27)19-17(20)24(2)12-21-19/h3-13,23H,1-2H3,(H,22,25)/t13-/m0/s1. The van der Waals surface area contributed by atoms with Gasteiger partial charge in [0.1, 0.15) is 5.15 Å². The molecular weight excluding hydrogens is 400 g/mol. The molecule has 0 unspecified atom stereocenters. The van der Waals surface area contributed by atoms with Crippen molar-refractivity contribution < 1.29 is 13.2 Å². The highest BCUT2D eigenvalue weighted by Gasteiger charge is 2.24. The van der Waals surface area contributed by atoms with Gasteiger partial charge in [-0.2, -0.15) is 8.42 Å². The quantitative estimate of drug-likeness (QED) is 0.641. The molecule has 1 aromatic heterocycles. The largest absolute Gasteiger partial charge is 0.345 e. The zero-order chi connectivity index (χ0) is 20.3. The van der Waals surface area contributed by atoms with Crippen molar-refractivity contribution in [2.24, 2.45) is 7.05 Å². The summed E-state index contributed by atoms with van der Waals surface area (Å²) in [4.78, 5) is 16.6. The number of imidazole rings is 1. The molecule has 0 bridgehead atoms. The maximum Gasteiger partial charge on any atom is 0.282 e. The molecule has 28 heavy (non-hydrogen) atoms. The molecule has 0 saturated heterocycles. The first-order valence-electron chi connectivity index (χ1n) is 8.44. The van der Waals surface area contributed by atoms with Crippen LogP contribution < -0.4 is 10.0 Å². The average Bonchev–Trinajstić information content (AvgIpc) is 3.02. The van der Waals surface area contributed by atoms with Crippen LogP contribution in [0.5, 0.6) is 0 Å². The normalized spacial score (nSPS) is 12.4. The van der Waals surface area contributed by atoms with Gasteiger partial charge in [-0.1, -0.05) is 54.1 Å². The second kappa shape index (κ2) is 8.04. The lowest BCUT2D eigenvalue weighted by Gasteiger charge is -2.16. The molecule has 0 aliphatic rings. The van der Waals surface area contributed by atoms with Gasteiger partial charge < -0.3 is 9.88 Å². The number of sulfonamides is 1. The molecule has 3 aromatic rings. The SMILES string of the molecule is C[C@H](NC(=O)c1ccccc1NS(=O)(=O)c1ncn(C)c1Cl)c1ccccc1. The minimum Gasteiger partial charge on any atom is -0.345 e. The number of carbonyl (C=O) groups excluding carboxylic acids is 1. The van der Waals surface area contributed by atoms with Gasteiger partial charge in [-0.25, -0.2) is 4.98 Å². The lowest BCUT2D eigenvalue weighted by Crippen LogP contribution is -2.28. The predicted octanol–water partition coefficient (Wildman–Crippen LogP) is 3.37. The summed E-state index contributed by atoms with van der Waals surface area (Å²) in [6, 6.07) is 15.6. The van der Waals surface area contributed by atoms with Gasteiger partial charge in [0.25, 0.3) is 15.9 Å². The van der Waals surface area contributed by atoms with Crippen LogP contribution in [0.25, 0.3) is 0 Å². The molecule has 0 fully saturated rings. The molecule has 1 heterocycles. The molecule has 0 aliphatic heterocycles. The Balaban J connectivity index is 1.85. The van der Waals surface area contributed by atoms with Gasteiger partial charge in [-0.15, -0.1) is 0 Å². The summed E-state index contributed by atoms with van der Waals surface area (Å²) < 4.78 is 29.1. The Hall–Kier alpha value is -2.84. The smallest absolute Gasteiger partial charge is 0.282 e. The Bertz CT molecular complexity index is 1100. The second-order valence-corrected chi connectivity index (χ2v) is 8.16. The molecule has 9 heteroatoms. The fourth-order valence-corrected chi connectivity index (χ4v) is 4.15. The summed E-state index contributed by atoms with van der Waals surface area (Å²) in [7, 11) is -2.47. The number of aromatic nitrogens is 2. The molecule has 0 aliphatic carbocycles. The van der Waals surface area contributed by atoms with Crippen LogP contribution in [0.15, 0.2) is 66.0 Å². The van der Waals surface area contributed by atoms with Gasteiger partial charge in [0, 0.05) is 7.05 Å². The number of nitrogens with one attached hydrogen (secondary N) is 2. The van der Waals surface area contributed by atoms with Gasteiger partial charge in [0.05, 0.1) is 23.6 Å². The highest BCUT2D eigenvalue weighted by molar-refractivity contribution is 7.92. The van der Waals surface area contributed by atoms with E-state index in [1.165, 1.54) is 17.0 Å². The number of benzene rings is 2. The number of hydrogen-bond acceptors (Lipinski definition) is 4. The van der Waals surface area contributed by atoms with Crippen LogP contribution in [0.4, 0.5) is 5.69 Å².